The van der Waals surface area contributed by atoms with Crippen molar-refractivity contribution >= 4 is 43.6 Å². The van der Waals surface area contributed by atoms with E-state index in [-0.39, 0.29) is 0 Å². The van der Waals surface area contributed by atoms with Crippen LogP contribution in [0.2, 0.25) is 0 Å². The maximum absolute atomic E-state index is 10.4. The van der Waals surface area contributed by atoms with Crippen LogP contribution in [0, 0.1) is 34.0 Å². The van der Waals surface area contributed by atoms with Crippen LogP contribution in [0.5, 0.6) is 0 Å². The molecule has 0 saturated carbocycles. The molecular weight excluding hydrogens is 611 g/mol. The molecule has 9 aromatic rings. The predicted molar refractivity (Wildman–Crippen MR) is 200 cm³/mol. The Bertz CT molecular complexity index is 2920. The average Bonchev–Trinajstić information content (AvgIpc) is 3.69. The highest BCUT2D eigenvalue weighted by atomic mass is 15.0. The van der Waals surface area contributed by atoms with Gasteiger partial charge in [-0.05, 0) is 71.8 Å². The third-order valence-electron chi connectivity index (χ3n) is 9.63. The van der Waals surface area contributed by atoms with Gasteiger partial charge in [-0.2, -0.15) is 15.8 Å². The Balaban J connectivity index is 1.27. The lowest BCUT2D eigenvalue weighted by atomic mass is 9.93. The van der Waals surface area contributed by atoms with Crippen molar-refractivity contribution < 1.29 is 0 Å². The van der Waals surface area contributed by atoms with Crippen molar-refractivity contribution in [1.29, 1.82) is 15.8 Å². The SMILES string of the molecule is N#Cc1ccc2c3ccccc3n(-c3cccc(-c4cc(-c5cccc(C#N)c5-n5c6ccccc6c6ccccc65)ccc4C#N)c3)c2c1. The van der Waals surface area contributed by atoms with Crippen LogP contribution in [0.3, 0.4) is 0 Å². The van der Waals surface area contributed by atoms with Gasteiger partial charge in [0.25, 0.3) is 0 Å². The highest BCUT2D eigenvalue weighted by molar-refractivity contribution is 6.11. The molecule has 2 heterocycles. The molecular formula is C45H25N5. The van der Waals surface area contributed by atoms with E-state index in [1.165, 1.54) is 0 Å². The Labute approximate surface area is 287 Å². The summed E-state index contributed by atoms with van der Waals surface area (Å²) in [6.45, 7) is 0. The quantitative estimate of drug-likeness (QED) is 0.193. The maximum Gasteiger partial charge on any atom is 0.101 e. The van der Waals surface area contributed by atoms with E-state index in [1.54, 1.807) is 0 Å². The summed E-state index contributed by atoms with van der Waals surface area (Å²) < 4.78 is 4.37. The van der Waals surface area contributed by atoms with Crippen LogP contribution < -0.4 is 0 Å². The number of hydrogen-bond acceptors (Lipinski definition) is 3. The number of nitriles is 3. The zero-order chi connectivity index (χ0) is 33.8. The molecule has 2 aromatic heterocycles. The van der Waals surface area contributed by atoms with Crippen molar-refractivity contribution in [3.63, 3.8) is 0 Å². The van der Waals surface area contributed by atoms with Gasteiger partial charge in [-0.3, -0.25) is 0 Å². The van der Waals surface area contributed by atoms with Crippen molar-refractivity contribution in [2.45, 2.75) is 0 Å². The number of aromatic nitrogens is 2. The first-order valence-electron chi connectivity index (χ1n) is 16.3. The van der Waals surface area contributed by atoms with Gasteiger partial charge in [0.15, 0.2) is 0 Å². The number of hydrogen-bond donors (Lipinski definition) is 0. The molecule has 0 N–H and O–H groups in total. The van der Waals surface area contributed by atoms with E-state index in [2.05, 4.69) is 81.9 Å². The van der Waals surface area contributed by atoms with Crippen LogP contribution in [0.25, 0.3) is 77.2 Å². The molecule has 230 valence electrons. The molecule has 0 radical (unpaired) electrons. The predicted octanol–water partition coefficient (Wildman–Crippen LogP) is 10.8. The number of rotatable bonds is 4. The Hall–Kier alpha value is -7.39. The number of nitrogens with zero attached hydrogens (tertiary/aromatic N) is 5. The van der Waals surface area contributed by atoms with Crippen LogP contribution in [-0.4, -0.2) is 9.13 Å². The largest absolute Gasteiger partial charge is 0.309 e. The monoisotopic (exact) mass is 635 g/mol. The molecule has 0 atom stereocenters. The Morgan fingerprint density at radius 2 is 0.980 bits per heavy atom. The molecule has 5 nitrogen and oxygen atoms in total. The summed E-state index contributed by atoms with van der Waals surface area (Å²) in [5, 5.41) is 34.9. The van der Waals surface area contributed by atoms with Crippen molar-refractivity contribution in [3.8, 4) is 51.8 Å². The van der Waals surface area contributed by atoms with E-state index >= 15 is 0 Å². The molecule has 5 heteroatoms. The molecule has 0 bridgehead atoms. The van der Waals surface area contributed by atoms with Crippen molar-refractivity contribution in [2.75, 3.05) is 0 Å². The molecule has 0 unspecified atom stereocenters. The van der Waals surface area contributed by atoms with Crippen LogP contribution in [0.1, 0.15) is 16.7 Å². The van der Waals surface area contributed by atoms with E-state index in [0.717, 1.165) is 77.2 Å². The summed E-state index contributed by atoms with van der Waals surface area (Å²) >= 11 is 0. The second kappa shape index (κ2) is 11.4. The van der Waals surface area contributed by atoms with E-state index in [4.69, 9.17) is 0 Å². The summed E-state index contributed by atoms with van der Waals surface area (Å²) in [4.78, 5) is 0. The Morgan fingerprint density at radius 1 is 0.380 bits per heavy atom. The van der Waals surface area contributed by atoms with E-state index in [0.29, 0.717) is 16.7 Å². The third-order valence-corrected chi connectivity index (χ3v) is 9.63. The van der Waals surface area contributed by atoms with E-state index in [1.807, 2.05) is 97.1 Å². The lowest BCUT2D eigenvalue weighted by molar-refractivity contribution is 1.17. The van der Waals surface area contributed by atoms with Gasteiger partial charge < -0.3 is 9.13 Å². The average molecular weight is 636 g/mol. The first kappa shape index (κ1) is 28.8. The van der Waals surface area contributed by atoms with E-state index in [9.17, 15) is 15.8 Å². The van der Waals surface area contributed by atoms with Crippen LogP contribution >= 0.6 is 0 Å². The first-order valence-corrected chi connectivity index (χ1v) is 16.3. The highest BCUT2D eigenvalue weighted by Crippen LogP contribution is 2.40. The molecule has 0 aliphatic rings. The van der Waals surface area contributed by atoms with Crippen LogP contribution in [0.4, 0.5) is 0 Å². The van der Waals surface area contributed by atoms with Crippen LogP contribution in [-0.2, 0) is 0 Å². The second-order valence-electron chi connectivity index (χ2n) is 12.3. The molecule has 9 rings (SSSR count). The normalized spacial score (nSPS) is 11.1. The molecule has 0 aliphatic carbocycles. The summed E-state index contributed by atoms with van der Waals surface area (Å²) in [7, 11) is 0. The maximum atomic E-state index is 10.4. The third kappa shape index (κ3) is 4.31. The fourth-order valence-corrected chi connectivity index (χ4v) is 7.45. The second-order valence-corrected chi connectivity index (χ2v) is 12.3. The molecule has 0 spiro atoms. The van der Waals surface area contributed by atoms with Gasteiger partial charge in [-0.15, -0.1) is 0 Å². The van der Waals surface area contributed by atoms with Gasteiger partial charge >= 0.3 is 0 Å². The van der Waals surface area contributed by atoms with E-state index < -0.39 is 0 Å². The van der Waals surface area contributed by atoms with Gasteiger partial charge in [0.05, 0.1) is 56.6 Å². The van der Waals surface area contributed by atoms with Crippen molar-refractivity contribution in [1.82, 2.24) is 9.13 Å². The van der Waals surface area contributed by atoms with Crippen molar-refractivity contribution in [3.05, 3.63) is 168 Å². The molecule has 50 heavy (non-hydrogen) atoms. The van der Waals surface area contributed by atoms with Crippen molar-refractivity contribution in [2.24, 2.45) is 0 Å². The topological polar surface area (TPSA) is 81.2 Å². The smallest absolute Gasteiger partial charge is 0.101 e. The molecule has 0 saturated heterocycles. The number of benzene rings is 7. The molecule has 0 amide bonds. The highest BCUT2D eigenvalue weighted by Gasteiger charge is 2.20. The minimum Gasteiger partial charge on any atom is -0.309 e. The molecule has 7 aromatic carbocycles. The number of para-hydroxylation sites is 4. The minimum atomic E-state index is 0.551. The summed E-state index contributed by atoms with van der Waals surface area (Å²) in [6, 6.07) is 57.7. The zero-order valence-corrected chi connectivity index (χ0v) is 26.7. The summed E-state index contributed by atoms with van der Waals surface area (Å²) in [5.41, 5.74) is 10.9. The summed E-state index contributed by atoms with van der Waals surface area (Å²) in [6.07, 6.45) is 0. The molecule has 0 aliphatic heterocycles. The lowest BCUT2D eigenvalue weighted by Gasteiger charge is -2.17. The Kier molecular flexibility index (Phi) is 6.56. The zero-order valence-electron chi connectivity index (χ0n) is 26.7. The number of fused-ring (bicyclic) bond motifs is 6. The fourth-order valence-electron chi connectivity index (χ4n) is 7.45. The summed E-state index contributed by atoms with van der Waals surface area (Å²) in [5.74, 6) is 0. The van der Waals surface area contributed by atoms with Gasteiger partial charge in [0.1, 0.15) is 6.07 Å². The lowest BCUT2D eigenvalue weighted by Crippen LogP contribution is -2.01. The standard InChI is InChI=1S/C45H25N5/c46-26-29-19-22-39-38-14-1-4-16-41(38)49(44(39)23-29)34-11-7-9-30(24-34)40-25-31(20-21-32(40)27-47)35-15-8-10-33(28-48)45(35)50-42-17-5-2-12-36(42)37-13-3-6-18-43(37)50/h1-25H. The molecule has 0 fully saturated rings. The van der Waals surface area contributed by atoms with Gasteiger partial charge in [-0.25, -0.2) is 0 Å². The Morgan fingerprint density at radius 3 is 1.64 bits per heavy atom. The van der Waals surface area contributed by atoms with Gasteiger partial charge in [-0.1, -0.05) is 91.0 Å². The minimum absolute atomic E-state index is 0.551. The fraction of sp³-hybridized carbons (Fsp3) is 0. The van der Waals surface area contributed by atoms with Gasteiger partial charge in [0, 0.05) is 38.4 Å². The van der Waals surface area contributed by atoms with Gasteiger partial charge in [0.2, 0.25) is 0 Å². The first-order chi connectivity index (χ1) is 24.7. The van der Waals surface area contributed by atoms with Crippen LogP contribution in [0.15, 0.2) is 152 Å².